The molecule has 3 N–H and O–H groups in total. The standard InChI is InChI=1S/C28H36N4O4Si/c1-18(36-37(5,6)28(2,3)4)21(26-30-17-23(31-26)25(29)33)14-15-34-20-11-9-10-19(16-20)27-32-22-12-7-8-13-24(22)35-27/h7-13,16-18,21H,14-15H2,1-6H3,(H2,29,33)(H,30,31)/t18-,21-/m0/s1. The van der Waals surface area contributed by atoms with Crippen LogP contribution in [-0.4, -0.2) is 41.9 Å². The first-order valence-electron chi connectivity index (χ1n) is 12.6. The number of hydrogen-bond donors (Lipinski definition) is 2. The number of fused-ring (bicyclic) bond motifs is 1. The number of amides is 1. The van der Waals surface area contributed by atoms with E-state index in [9.17, 15) is 4.79 Å². The van der Waals surface area contributed by atoms with Crippen LogP contribution in [0.1, 0.15) is 56.3 Å². The number of imidazole rings is 1. The minimum Gasteiger partial charge on any atom is -0.494 e. The Bertz CT molecular complexity index is 1340. The molecule has 2 atom stereocenters. The molecule has 0 bridgehead atoms. The molecule has 2 aromatic heterocycles. The van der Waals surface area contributed by atoms with Crippen molar-refractivity contribution >= 4 is 25.3 Å². The third-order valence-electron chi connectivity index (χ3n) is 7.14. The average molecular weight is 521 g/mol. The molecule has 4 aromatic rings. The number of aromatic amines is 1. The lowest BCUT2D eigenvalue weighted by Gasteiger charge is -2.40. The van der Waals surface area contributed by atoms with Crippen molar-refractivity contribution in [2.45, 2.75) is 64.3 Å². The molecule has 1 amide bonds. The predicted molar refractivity (Wildman–Crippen MR) is 147 cm³/mol. The molecule has 2 heterocycles. The van der Waals surface area contributed by atoms with Gasteiger partial charge < -0.3 is 24.3 Å². The van der Waals surface area contributed by atoms with Crippen LogP contribution < -0.4 is 10.5 Å². The van der Waals surface area contributed by atoms with Crippen LogP contribution in [0.25, 0.3) is 22.6 Å². The van der Waals surface area contributed by atoms with Crippen molar-refractivity contribution in [3.63, 3.8) is 0 Å². The molecule has 0 fully saturated rings. The lowest BCUT2D eigenvalue weighted by molar-refractivity contribution is 0.0995. The summed E-state index contributed by atoms with van der Waals surface area (Å²) in [5.41, 5.74) is 8.14. The van der Waals surface area contributed by atoms with E-state index < -0.39 is 14.2 Å². The van der Waals surface area contributed by atoms with Gasteiger partial charge in [0, 0.05) is 11.5 Å². The molecule has 9 heteroatoms. The van der Waals surface area contributed by atoms with Gasteiger partial charge in [-0.1, -0.05) is 39.0 Å². The highest BCUT2D eigenvalue weighted by Crippen LogP contribution is 2.39. The number of primary amides is 1. The molecule has 0 radical (unpaired) electrons. The molecule has 196 valence electrons. The smallest absolute Gasteiger partial charge is 0.266 e. The quantitative estimate of drug-likeness (QED) is 0.238. The number of nitrogens with one attached hydrogen (secondary N) is 1. The zero-order chi connectivity index (χ0) is 26.8. The Balaban J connectivity index is 1.49. The van der Waals surface area contributed by atoms with Crippen molar-refractivity contribution in [1.82, 2.24) is 15.0 Å². The molecule has 2 aromatic carbocycles. The maximum atomic E-state index is 11.7. The van der Waals surface area contributed by atoms with E-state index in [0.717, 1.165) is 16.7 Å². The fourth-order valence-electron chi connectivity index (χ4n) is 3.99. The zero-order valence-electron chi connectivity index (χ0n) is 22.4. The van der Waals surface area contributed by atoms with Gasteiger partial charge in [0.25, 0.3) is 5.91 Å². The number of para-hydroxylation sites is 2. The number of aromatic nitrogens is 3. The van der Waals surface area contributed by atoms with E-state index >= 15 is 0 Å². The summed E-state index contributed by atoms with van der Waals surface area (Å²) in [5, 5.41) is 0.0645. The summed E-state index contributed by atoms with van der Waals surface area (Å²) < 4.78 is 18.7. The topological polar surface area (TPSA) is 116 Å². The second-order valence-corrected chi connectivity index (χ2v) is 15.6. The molecule has 4 rings (SSSR count). The number of nitrogens with zero attached hydrogens (tertiary/aromatic N) is 2. The number of benzene rings is 2. The van der Waals surface area contributed by atoms with Crippen molar-refractivity contribution in [2.24, 2.45) is 5.73 Å². The van der Waals surface area contributed by atoms with Gasteiger partial charge >= 0.3 is 0 Å². The van der Waals surface area contributed by atoms with Crippen molar-refractivity contribution in [3.05, 3.63) is 66.2 Å². The van der Waals surface area contributed by atoms with Gasteiger partial charge in [-0.05, 0) is 61.8 Å². The minimum atomic E-state index is -2.03. The SMILES string of the molecule is C[C@H](O[Si](C)(C)C(C)(C)C)[C@H](CCOc1cccc(-c2nc3ccccc3o2)c1)c1ncc(C(N)=O)[nH]1. The van der Waals surface area contributed by atoms with Crippen LogP contribution in [0.5, 0.6) is 5.75 Å². The average Bonchev–Trinajstić information content (AvgIpc) is 3.48. The number of carbonyl (C=O) groups is 1. The molecular formula is C28H36N4O4Si. The van der Waals surface area contributed by atoms with E-state index in [2.05, 4.69) is 55.7 Å². The maximum absolute atomic E-state index is 11.7. The van der Waals surface area contributed by atoms with Crippen LogP contribution in [0.2, 0.25) is 18.1 Å². The molecule has 8 nitrogen and oxygen atoms in total. The number of rotatable bonds is 10. The normalized spacial score (nSPS) is 14.0. The number of oxazole rings is 1. The van der Waals surface area contributed by atoms with Crippen LogP contribution in [0.4, 0.5) is 0 Å². The van der Waals surface area contributed by atoms with Gasteiger partial charge in [-0.25, -0.2) is 9.97 Å². The van der Waals surface area contributed by atoms with Crippen LogP contribution in [0, 0.1) is 0 Å². The zero-order valence-corrected chi connectivity index (χ0v) is 23.4. The first-order chi connectivity index (χ1) is 17.4. The number of ether oxygens (including phenoxy) is 1. The van der Waals surface area contributed by atoms with Crippen LogP contribution in [-0.2, 0) is 4.43 Å². The fraction of sp³-hybridized carbons (Fsp3) is 0.393. The van der Waals surface area contributed by atoms with Gasteiger partial charge in [0.05, 0.1) is 18.9 Å². The molecule has 0 aliphatic carbocycles. The first kappa shape index (κ1) is 26.6. The lowest BCUT2D eigenvalue weighted by atomic mass is 9.99. The lowest BCUT2D eigenvalue weighted by Crippen LogP contribution is -2.44. The van der Waals surface area contributed by atoms with Gasteiger partial charge in [0.1, 0.15) is 22.8 Å². The van der Waals surface area contributed by atoms with E-state index in [4.69, 9.17) is 19.3 Å². The molecule has 0 aliphatic heterocycles. The molecule has 0 unspecified atom stereocenters. The molecule has 0 spiro atoms. The van der Waals surface area contributed by atoms with Gasteiger partial charge in [-0.2, -0.15) is 0 Å². The first-order valence-corrected chi connectivity index (χ1v) is 15.5. The highest BCUT2D eigenvalue weighted by molar-refractivity contribution is 6.74. The summed E-state index contributed by atoms with van der Waals surface area (Å²) in [6.45, 7) is 13.6. The largest absolute Gasteiger partial charge is 0.494 e. The number of nitrogens with two attached hydrogens (primary N) is 1. The Morgan fingerprint density at radius 1 is 1.16 bits per heavy atom. The van der Waals surface area contributed by atoms with E-state index in [1.54, 1.807) is 0 Å². The highest BCUT2D eigenvalue weighted by atomic mass is 28.4. The summed E-state index contributed by atoms with van der Waals surface area (Å²) in [6.07, 6.45) is 1.98. The number of carbonyl (C=O) groups excluding carboxylic acids is 1. The number of hydrogen-bond acceptors (Lipinski definition) is 6. The number of H-pyrrole nitrogens is 1. The second-order valence-electron chi connectivity index (χ2n) is 10.9. The molecule has 0 saturated heterocycles. The van der Waals surface area contributed by atoms with E-state index in [1.165, 1.54) is 6.20 Å². The Labute approximate surface area is 218 Å². The Morgan fingerprint density at radius 3 is 2.59 bits per heavy atom. The van der Waals surface area contributed by atoms with E-state index in [0.29, 0.717) is 30.5 Å². The van der Waals surface area contributed by atoms with Gasteiger partial charge in [0.2, 0.25) is 5.89 Å². The van der Waals surface area contributed by atoms with Crippen molar-refractivity contribution < 1.29 is 18.4 Å². The molecule has 0 saturated carbocycles. The van der Waals surface area contributed by atoms with Crippen LogP contribution in [0.3, 0.4) is 0 Å². The minimum absolute atomic E-state index is 0.0645. The van der Waals surface area contributed by atoms with Gasteiger partial charge in [-0.15, -0.1) is 0 Å². The molecule has 0 aliphatic rings. The summed E-state index contributed by atoms with van der Waals surface area (Å²) in [4.78, 5) is 23.8. The van der Waals surface area contributed by atoms with E-state index in [-0.39, 0.29) is 22.8 Å². The van der Waals surface area contributed by atoms with Crippen LogP contribution >= 0.6 is 0 Å². The molecule has 37 heavy (non-hydrogen) atoms. The Morgan fingerprint density at radius 2 is 1.92 bits per heavy atom. The highest BCUT2D eigenvalue weighted by Gasteiger charge is 2.40. The van der Waals surface area contributed by atoms with E-state index in [1.807, 2.05) is 48.5 Å². The second kappa shape index (κ2) is 10.5. The molecular weight excluding hydrogens is 484 g/mol. The van der Waals surface area contributed by atoms with Crippen molar-refractivity contribution in [3.8, 4) is 17.2 Å². The van der Waals surface area contributed by atoms with Gasteiger partial charge in [-0.3, -0.25) is 4.79 Å². The Hall–Kier alpha value is -3.43. The Kier molecular flexibility index (Phi) is 7.56. The van der Waals surface area contributed by atoms with Gasteiger partial charge in [0.15, 0.2) is 13.9 Å². The van der Waals surface area contributed by atoms with Crippen molar-refractivity contribution in [2.75, 3.05) is 6.61 Å². The third kappa shape index (κ3) is 6.11. The summed E-state index contributed by atoms with van der Waals surface area (Å²) in [5.74, 6) is 1.29. The van der Waals surface area contributed by atoms with Crippen molar-refractivity contribution in [1.29, 1.82) is 0 Å². The summed E-state index contributed by atoms with van der Waals surface area (Å²) >= 11 is 0. The summed E-state index contributed by atoms with van der Waals surface area (Å²) in [6, 6.07) is 15.4. The fourth-order valence-corrected chi connectivity index (χ4v) is 5.43. The maximum Gasteiger partial charge on any atom is 0.266 e. The van der Waals surface area contributed by atoms with Crippen LogP contribution in [0.15, 0.2) is 59.1 Å². The third-order valence-corrected chi connectivity index (χ3v) is 11.7. The summed E-state index contributed by atoms with van der Waals surface area (Å²) in [7, 11) is -2.03. The monoisotopic (exact) mass is 520 g/mol. The predicted octanol–water partition coefficient (Wildman–Crippen LogP) is 6.28.